The average molecular weight is 428 g/mol. The van der Waals surface area contributed by atoms with Crippen LogP contribution in [0.4, 0.5) is 15.9 Å². The van der Waals surface area contributed by atoms with Gasteiger partial charge in [0.2, 0.25) is 10.0 Å². The Balaban J connectivity index is 1.31. The lowest BCUT2D eigenvalue weighted by Crippen LogP contribution is -2.13. The van der Waals surface area contributed by atoms with Gasteiger partial charge in [-0.2, -0.15) is 5.10 Å². The fourth-order valence-corrected chi connectivity index (χ4v) is 5.64. The highest BCUT2D eigenvalue weighted by Gasteiger charge is 2.30. The molecule has 5 rings (SSSR count). The fraction of sp³-hybridized carbons (Fsp3) is 0.333. The maximum atomic E-state index is 14.5. The molecule has 0 amide bonds. The van der Waals surface area contributed by atoms with Gasteiger partial charge in [0.1, 0.15) is 5.82 Å². The van der Waals surface area contributed by atoms with Crippen molar-refractivity contribution < 1.29 is 12.8 Å². The van der Waals surface area contributed by atoms with Gasteiger partial charge in [-0.3, -0.25) is 10.1 Å². The summed E-state index contributed by atoms with van der Waals surface area (Å²) in [7, 11) is -3.60. The van der Waals surface area contributed by atoms with Crippen molar-refractivity contribution in [1.82, 2.24) is 19.9 Å². The Bertz CT molecular complexity index is 1220. The molecule has 1 aliphatic carbocycles. The maximum absolute atomic E-state index is 14.5. The third-order valence-corrected chi connectivity index (χ3v) is 7.44. The third kappa shape index (κ3) is 3.48. The first-order chi connectivity index (χ1) is 14.4. The molecule has 30 heavy (non-hydrogen) atoms. The third-order valence-electron chi connectivity index (χ3n) is 5.95. The van der Waals surface area contributed by atoms with Crippen LogP contribution in [0, 0.1) is 12.7 Å². The van der Waals surface area contributed by atoms with Crippen molar-refractivity contribution >= 4 is 21.5 Å². The maximum Gasteiger partial charge on any atom is 0.241 e. The molecule has 0 radical (unpaired) electrons. The molecule has 1 fully saturated rings. The molecule has 1 saturated carbocycles. The lowest BCUT2D eigenvalue weighted by molar-refractivity contribution is 0.587. The Labute approximate surface area is 174 Å². The van der Waals surface area contributed by atoms with E-state index in [1.54, 1.807) is 0 Å². The SMILES string of the molecule is Cc1cccc(C2CCC(c3cc(Nc4cc5c(cc4F)S(=O)(=O)NC5)n[nH]3)C2)n1. The predicted octanol–water partition coefficient (Wildman–Crippen LogP) is 3.84. The second-order valence-electron chi connectivity index (χ2n) is 8.01. The van der Waals surface area contributed by atoms with Crippen molar-refractivity contribution in [2.24, 2.45) is 0 Å². The van der Waals surface area contributed by atoms with Crippen LogP contribution in [-0.4, -0.2) is 23.6 Å². The summed E-state index contributed by atoms with van der Waals surface area (Å²) in [5, 5.41) is 10.3. The number of aryl methyl sites for hydroxylation is 1. The van der Waals surface area contributed by atoms with E-state index in [1.807, 2.05) is 19.1 Å². The number of rotatable bonds is 4. The number of nitrogens with zero attached hydrogens (tertiary/aromatic N) is 2. The van der Waals surface area contributed by atoms with Gasteiger partial charge in [0.15, 0.2) is 5.82 Å². The van der Waals surface area contributed by atoms with E-state index in [9.17, 15) is 12.8 Å². The van der Waals surface area contributed by atoms with Gasteiger partial charge in [-0.15, -0.1) is 0 Å². The second kappa shape index (κ2) is 7.17. The zero-order chi connectivity index (χ0) is 20.9. The summed E-state index contributed by atoms with van der Waals surface area (Å²) in [6.07, 6.45) is 3.11. The van der Waals surface area contributed by atoms with Crippen molar-refractivity contribution in [3.8, 4) is 0 Å². The van der Waals surface area contributed by atoms with Crippen LogP contribution in [0.15, 0.2) is 41.3 Å². The summed E-state index contributed by atoms with van der Waals surface area (Å²) in [4.78, 5) is 4.66. The molecule has 0 saturated heterocycles. The number of halogens is 1. The Hall–Kier alpha value is -2.78. The van der Waals surface area contributed by atoms with E-state index >= 15 is 0 Å². The van der Waals surface area contributed by atoms with Crippen LogP contribution in [0.1, 0.15) is 53.7 Å². The highest BCUT2D eigenvalue weighted by atomic mass is 32.2. The lowest BCUT2D eigenvalue weighted by Gasteiger charge is -2.10. The molecule has 2 aromatic heterocycles. The van der Waals surface area contributed by atoms with Crippen molar-refractivity contribution in [3.05, 3.63) is 64.9 Å². The van der Waals surface area contributed by atoms with Crippen LogP contribution in [-0.2, 0) is 16.6 Å². The van der Waals surface area contributed by atoms with Crippen LogP contribution in [0.3, 0.4) is 0 Å². The number of pyridine rings is 1. The van der Waals surface area contributed by atoms with Gasteiger partial charge in [-0.25, -0.2) is 17.5 Å². The molecule has 2 unspecified atom stereocenters. The molecule has 3 aromatic rings. The van der Waals surface area contributed by atoms with Crippen LogP contribution in [0.2, 0.25) is 0 Å². The van der Waals surface area contributed by atoms with Gasteiger partial charge >= 0.3 is 0 Å². The number of aromatic amines is 1. The Kier molecular flexibility index (Phi) is 4.59. The van der Waals surface area contributed by atoms with Crippen LogP contribution >= 0.6 is 0 Å². The Morgan fingerprint density at radius 3 is 2.83 bits per heavy atom. The molecule has 156 valence electrons. The first kappa shape index (κ1) is 19.2. The van der Waals surface area contributed by atoms with Gasteiger partial charge in [-0.05, 0) is 56.0 Å². The van der Waals surface area contributed by atoms with E-state index in [1.165, 1.54) is 6.07 Å². The standard InChI is InChI=1S/C21H22FN5O2S/c1-12-3-2-4-17(24-12)13-5-6-14(7-13)18-10-21(27-26-18)25-19-8-15-11-23-30(28,29)20(15)9-16(19)22/h2-4,8-10,13-14,23H,5-7,11H2,1H3,(H2,25,26,27). The minimum atomic E-state index is -3.60. The molecular formula is C21H22FN5O2S. The lowest BCUT2D eigenvalue weighted by atomic mass is 9.99. The number of hydrogen-bond donors (Lipinski definition) is 3. The highest BCUT2D eigenvalue weighted by molar-refractivity contribution is 7.89. The van der Waals surface area contributed by atoms with Crippen molar-refractivity contribution in [2.45, 2.75) is 49.5 Å². The highest BCUT2D eigenvalue weighted by Crippen LogP contribution is 2.43. The molecule has 7 nitrogen and oxygen atoms in total. The van der Waals surface area contributed by atoms with Crippen LogP contribution in [0.5, 0.6) is 0 Å². The van der Waals surface area contributed by atoms with Gasteiger partial charge in [0.05, 0.1) is 10.6 Å². The number of benzene rings is 1. The predicted molar refractivity (Wildman–Crippen MR) is 111 cm³/mol. The first-order valence-electron chi connectivity index (χ1n) is 9.97. The smallest absolute Gasteiger partial charge is 0.241 e. The topological polar surface area (TPSA) is 99.8 Å². The summed E-state index contributed by atoms with van der Waals surface area (Å²) in [5.41, 5.74) is 3.93. The molecule has 0 spiro atoms. The molecular weight excluding hydrogens is 405 g/mol. The van der Waals surface area contributed by atoms with Crippen molar-refractivity contribution in [3.63, 3.8) is 0 Å². The molecule has 3 heterocycles. The number of sulfonamides is 1. The molecule has 9 heteroatoms. The minimum absolute atomic E-state index is 0.00461. The van der Waals surface area contributed by atoms with E-state index in [-0.39, 0.29) is 17.1 Å². The second-order valence-corrected chi connectivity index (χ2v) is 9.74. The molecule has 2 atom stereocenters. The molecule has 2 aliphatic rings. The van der Waals surface area contributed by atoms with Gasteiger partial charge in [0.25, 0.3) is 0 Å². The van der Waals surface area contributed by atoms with Crippen LogP contribution in [0.25, 0.3) is 0 Å². The van der Waals surface area contributed by atoms with Gasteiger partial charge in [0, 0.05) is 41.5 Å². The van der Waals surface area contributed by atoms with E-state index < -0.39 is 15.8 Å². The van der Waals surface area contributed by atoms with Gasteiger partial charge < -0.3 is 5.32 Å². The molecule has 1 aromatic carbocycles. The summed E-state index contributed by atoms with van der Waals surface area (Å²) in [6.45, 7) is 2.17. The zero-order valence-electron chi connectivity index (χ0n) is 16.4. The van der Waals surface area contributed by atoms with E-state index in [4.69, 9.17) is 0 Å². The number of anilines is 2. The Morgan fingerprint density at radius 2 is 2.00 bits per heavy atom. The van der Waals surface area contributed by atoms with Crippen molar-refractivity contribution in [2.75, 3.05) is 5.32 Å². The number of hydrogen-bond acceptors (Lipinski definition) is 5. The summed E-state index contributed by atoms with van der Waals surface area (Å²) < 4.78 is 40.6. The zero-order valence-corrected chi connectivity index (χ0v) is 17.3. The van der Waals surface area contributed by atoms with Crippen LogP contribution < -0.4 is 10.0 Å². The number of fused-ring (bicyclic) bond motifs is 1. The molecule has 0 bridgehead atoms. The molecule has 1 aliphatic heterocycles. The minimum Gasteiger partial charge on any atom is -0.336 e. The largest absolute Gasteiger partial charge is 0.336 e. The summed E-state index contributed by atoms with van der Waals surface area (Å²) in [5.74, 6) is 0.657. The number of H-pyrrole nitrogens is 1. The quantitative estimate of drug-likeness (QED) is 0.587. The monoisotopic (exact) mass is 427 g/mol. The van der Waals surface area contributed by atoms with E-state index in [2.05, 4.69) is 37.4 Å². The van der Waals surface area contributed by atoms with E-state index in [0.717, 1.165) is 42.4 Å². The first-order valence-corrected chi connectivity index (χ1v) is 11.5. The number of aromatic nitrogens is 3. The van der Waals surface area contributed by atoms with Crippen molar-refractivity contribution in [1.29, 1.82) is 0 Å². The normalized spacial score (nSPS) is 22.2. The summed E-state index contributed by atoms with van der Waals surface area (Å²) >= 11 is 0. The Morgan fingerprint density at radius 1 is 1.17 bits per heavy atom. The fourth-order valence-electron chi connectivity index (χ4n) is 4.41. The van der Waals surface area contributed by atoms with Gasteiger partial charge in [-0.1, -0.05) is 6.07 Å². The summed E-state index contributed by atoms with van der Waals surface area (Å²) in [6, 6.07) is 10.6. The molecule has 3 N–H and O–H groups in total. The number of nitrogens with one attached hydrogen (secondary N) is 3. The van der Waals surface area contributed by atoms with E-state index in [0.29, 0.717) is 23.2 Å². The average Bonchev–Trinajstić information content (AvgIpc) is 3.43.